The van der Waals surface area contributed by atoms with Crippen molar-refractivity contribution in [1.29, 1.82) is 0 Å². The van der Waals surface area contributed by atoms with Crippen molar-refractivity contribution in [2.24, 2.45) is 0 Å². The van der Waals surface area contributed by atoms with Crippen molar-refractivity contribution in [3.8, 4) is 16.8 Å². The van der Waals surface area contributed by atoms with E-state index in [1.165, 1.54) is 61.1 Å². The average Bonchev–Trinajstić information content (AvgIpc) is 3.38. The summed E-state index contributed by atoms with van der Waals surface area (Å²) in [4.78, 5) is 2.29. The van der Waals surface area contributed by atoms with Crippen molar-refractivity contribution in [2.75, 3.05) is 11.9 Å². The molecule has 2 nitrogen and oxygen atoms in total. The van der Waals surface area contributed by atoms with Crippen LogP contribution < -0.4 is 4.90 Å². The molecule has 0 N–H and O–H groups in total. The summed E-state index contributed by atoms with van der Waals surface area (Å²) in [5.41, 5.74) is 11.6. The van der Waals surface area contributed by atoms with Crippen LogP contribution in [0.5, 0.6) is 0 Å². The summed E-state index contributed by atoms with van der Waals surface area (Å²) in [6.45, 7) is 4.67. The molecule has 0 saturated heterocycles. The number of hydrogen-bond donors (Lipinski definition) is 0. The Balaban J connectivity index is 1.27. The predicted molar refractivity (Wildman–Crippen MR) is 153 cm³/mol. The zero-order valence-corrected chi connectivity index (χ0v) is 20.9. The highest BCUT2D eigenvalue weighted by molar-refractivity contribution is 6.09. The van der Waals surface area contributed by atoms with Crippen LogP contribution in [0, 0.1) is 0 Å². The molecule has 1 aliphatic rings. The van der Waals surface area contributed by atoms with Crippen LogP contribution >= 0.6 is 0 Å². The number of anilines is 2. The normalized spacial score (nSPS) is 13.6. The highest BCUT2D eigenvalue weighted by Gasteiger charge is 2.35. The van der Waals surface area contributed by atoms with Gasteiger partial charge in [-0.3, -0.25) is 0 Å². The van der Waals surface area contributed by atoms with Gasteiger partial charge < -0.3 is 9.47 Å². The van der Waals surface area contributed by atoms with E-state index in [-0.39, 0.29) is 5.41 Å². The van der Waals surface area contributed by atoms with Gasteiger partial charge in [-0.05, 0) is 70.8 Å². The molecule has 1 heterocycles. The molecular weight excluding hydrogens is 436 g/mol. The molecule has 5 aromatic carbocycles. The van der Waals surface area contributed by atoms with Gasteiger partial charge >= 0.3 is 0 Å². The quantitative estimate of drug-likeness (QED) is 0.254. The number of hydrogen-bond acceptors (Lipinski definition) is 1. The van der Waals surface area contributed by atoms with Gasteiger partial charge in [-0.15, -0.1) is 0 Å². The van der Waals surface area contributed by atoms with Crippen LogP contribution in [0.25, 0.3) is 38.6 Å². The first-order chi connectivity index (χ1) is 17.5. The first kappa shape index (κ1) is 21.0. The Hall–Kier alpha value is -4.30. The molecule has 1 aromatic heterocycles. The molecule has 0 atom stereocenters. The molecule has 2 heteroatoms. The fraction of sp³-hybridized carbons (Fsp3) is 0.118. The molecular formula is C34H28N2. The number of nitrogens with zero attached hydrogens (tertiary/aromatic N) is 2. The van der Waals surface area contributed by atoms with E-state index in [9.17, 15) is 0 Å². The maximum Gasteiger partial charge on any atom is 0.0541 e. The van der Waals surface area contributed by atoms with E-state index in [1.807, 2.05) is 0 Å². The number of benzene rings is 5. The number of fused-ring (bicyclic) bond motifs is 6. The minimum absolute atomic E-state index is 0.00314. The van der Waals surface area contributed by atoms with Gasteiger partial charge in [-0.2, -0.15) is 0 Å². The average molecular weight is 465 g/mol. The Morgan fingerprint density at radius 2 is 1.11 bits per heavy atom. The van der Waals surface area contributed by atoms with Crippen molar-refractivity contribution < 1.29 is 0 Å². The van der Waals surface area contributed by atoms with Crippen LogP contribution in [-0.2, 0) is 5.41 Å². The minimum Gasteiger partial charge on any atom is -0.345 e. The number of rotatable bonds is 3. The predicted octanol–water partition coefficient (Wildman–Crippen LogP) is 8.86. The minimum atomic E-state index is 0.00314. The molecule has 0 saturated carbocycles. The molecule has 0 bridgehead atoms. The monoisotopic (exact) mass is 464 g/mol. The Morgan fingerprint density at radius 3 is 1.81 bits per heavy atom. The van der Waals surface area contributed by atoms with Gasteiger partial charge in [0.15, 0.2) is 0 Å². The van der Waals surface area contributed by atoms with Gasteiger partial charge in [-0.1, -0.05) is 80.6 Å². The summed E-state index contributed by atoms with van der Waals surface area (Å²) in [6.07, 6.45) is 0. The summed E-state index contributed by atoms with van der Waals surface area (Å²) in [6, 6.07) is 42.0. The Labute approximate surface area is 212 Å². The molecule has 6 aromatic rings. The molecule has 0 aliphatic heterocycles. The second-order valence-corrected chi connectivity index (χ2v) is 10.3. The Kier molecular flexibility index (Phi) is 4.44. The topological polar surface area (TPSA) is 8.17 Å². The van der Waals surface area contributed by atoms with Crippen molar-refractivity contribution >= 4 is 33.2 Å². The zero-order valence-electron chi connectivity index (χ0n) is 20.9. The molecule has 0 fully saturated rings. The Morgan fingerprint density at radius 1 is 0.556 bits per heavy atom. The second-order valence-electron chi connectivity index (χ2n) is 10.3. The van der Waals surface area contributed by atoms with E-state index in [4.69, 9.17) is 0 Å². The summed E-state index contributed by atoms with van der Waals surface area (Å²) in [5.74, 6) is 0. The molecule has 1 aliphatic carbocycles. The van der Waals surface area contributed by atoms with Crippen molar-refractivity contribution in [3.05, 3.63) is 126 Å². The molecule has 174 valence electrons. The maximum atomic E-state index is 2.37. The first-order valence-corrected chi connectivity index (χ1v) is 12.6. The Bertz CT molecular complexity index is 1720. The zero-order chi connectivity index (χ0) is 24.4. The van der Waals surface area contributed by atoms with Gasteiger partial charge in [0.25, 0.3) is 0 Å². The van der Waals surface area contributed by atoms with Crippen LogP contribution in [-0.4, -0.2) is 11.6 Å². The summed E-state index contributed by atoms with van der Waals surface area (Å²) >= 11 is 0. The van der Waals surface area contributed by atoms with E-state index in [0.717, 1.165) is 0 Å². The van der Waals surface area contributed by atoms with Crippen LogP contribution in [0.15, 0.2) is 115 Å². The standard InChI is InChI=1S/C34H28N2/c1-34(2)30-13-7-4-10-26(30)27-21-20-25(22-31(27)34)35(3)23-16-18-24(19-17-23)36-32-14-8-5-11-28(32)29-12-6-9-15-33(29)36/h4-22H,1-3H3. The van der Waals surface area contributed by atoms with E-state index in [0.29, 0.717) is 0 Å². The third-order valence-corrected chi connectivity index (χ3v) is 8.03. The van der Waals surface area contributed by atoms with E-state index < -0.39 is 0 Å². The van der Waals surface area contributed by atoms with Gasteiger partial charge in [-0.25, -0.2) is 0 Å². The van der Waals surface area contributed by atoms with Gasteiger partial charge in [0.05, 0.1) is 11.0 Å². The fourth-order valence-electron chi connectivity index (χ4n) is 6.08. The molecule has 7 rings (SSSR count). The van der Waals surface area contributed by atoms with E-state index >= 15 is 0 Å². The lowest BCUT2D eigenvalue weighted by Gasteiger charge is -2.25. The lowest BCUT2D eigenvalue weighted by Crippen LogP contribution is -2.16. The maximum absolute atomic E-state index is 2.37. The van der Waals surface area contributed by atoms with Crippen molar-refractivity contribution in [2.45, 2.75) is 19.3 Å². The third-order valence-electron chi connectivity index (χ3n) is 8.03. The van der Waals surface area contributed by atoms with Gasteiger partial charge in [0, 0.05) is 40.3 Å². The number of aromatic nitrogens is 1. The summed E-state index contributed by atoms with van der Waals surface area (Å²) < 4.78 is 2.36. The molecule has 0 spiro atoms. The molecule has 0 unspecified atom stereocenters. The van der Waals surface area contributed by atoms with Gasteiger partial charge in [0.1, 0.15) is 0 Å². The van der Waals surface area contributed by atoms with Crippen LogP contribution in [0.3, 0.4) is 0 Å². The lowest BCUT2D eigenvalue weighted by molar-refractivity contribution is 0.660. The molecule has 0 radical (unpaired) electrons. The molecule has 36 heavy (non-hydrogen) atoms. The van der Waals surface area contributed by atoms with Crippen LogP contribution in [0.4, 0.5) is 11.4 Å². The van der Waals surface area contributed by atoms with E-state index in [1.54, 1.807) is 0 Å². The first-order valence-electron chi connectivity index (χ1n) is 12.6. The van der Waals surface area contributed by atoms with E-state index in [2.05, 4.69) is 146 Å². The van der Waals surface area contributed by atoms with Crippen LogP contribution in [0.2, 0.25) is 0 Å². The third kappa shape index (κ3) is 2.91. The highest BCUT2D eigenvalue weighted by atomic mass is 15.1. The van der Waals surface area contributed by atoms with Gasteiger partial charge in [0.2, 0.25) is 0 Å². The molecule has 0 amide bonds. The SMILES string of the molecule is CN(c1ccc(-n2c3ccccc3c3ccccc32)cc1)c1ccc2c(c1)C(C)(C)c1ccccc1-2. The van der Waals surface area contributed by atoms with Crippen molar-refractivity contribution in [3.63, 3.8) is 0 Å². The van der Waals surface area contributed by atoms with Crippen LogP contribution in [0.1, 0.15) is 25.0 Å². The summed E-state index contributed by atoms with van der Waals surface area (Å²) in [7, 11) is 2.16. The van der Waals surface area contributed by atoms with Crippen molar-refractivity contribution in [1.82, 2.24) is 4.57 Å². The second kappa shape index (κ2) is 7.60. The largest absolute Gasteiger partial charge is 0.345 e. The summed E-state index contributed by atoms with van der Waals surface area (Å²) in [5, 5.41) is 2.58. The highest BCUT2D eigenvalue weighted by Crippen LogP contribution is 2.49. The number of para-hydroxylation sites is 2. The smallest absolute Gasteiger partial charge is 0.0541 e. The fourth-order valence-corrected chi connectivity index (χ4v) is 6.08. The lowest BCUT2D eigenvalue weighted by atomic mass is 9.82.